The zero-order chi connectivity index (χ0) is 11.4. The summed E-state index contributed by atoms with van der Waals surface area (Å²) in [4.78, 5) is 22.4. The molecule has 1 unspecified atom stereocenters. The molecule has 1 N–H and O–H groups in total. The first kappa shape index (κ1) is 11.8. The molecule has 0 saturated carbocycles. The van der Waals surface area contributed by atoms with Gasteiger partial charge in [0.1, 0.15) is 6.04 Å². The van der Waals surface area contributed by atoms with E-state index in [9.17, 15) is 9.59 Å². The molecule has 4 heteroatoms. The first-order valence-corrected chi connectivity index (χ1v) is 5.12. The van der Waals surface area contributed by atoms with Crippen LogP contribution in [0.1, 0.15) is 26.7 Å². The van der Waals surface area contributed by atoms with Crippen LogP contribution in [0.4, 0.5) is 0 Å². The van der Waals surface area contributed by atoms with E-state index in [2.05, 4.69) is 5.32 Å². The molecule has 0 bridgehead atoms. The van der Waals surface area contributed by atoms with Gasteiger partial charge in [-0.2, -0.15) is 0 Å². The van der Waals surface area contributed by atoms with Crippen molar-refractivity contribution in [3.63, 3.8) is 0 Å². The van der Waals surface area contributed by atoms with Crippen molar-refractivity contribution in [3.8, 4) is 0 Å². The maximum Gasteiger partial charge on any atom is 0.328 e. The molecule has 1 rings (SSSR count). The Morgan fingerprint density at radius 2 is 2.13 bits per heavy atom. The average molecular weight is 211 g/mol. The van der Waals surface area contributed by atoms with Crippen LogP contribution in [0.15, 0.2) is 11.8 Å². The molecule has 15 heavy (non-hydrogen) atoms. The van der Waals surface area contributed by atoms with E-state index in [0.29, 0.717) is 12.8 Å². The Labute approximate surface area is 89.7 Å². The molecule has 1 aliphatic rings. The van der Waals surface area contributed by atoms with Crippen LogP contribution in [0.2, 0.25) is 0 Å². The fourth-order valence-electron chi connectivity index (χ4n) is 1.53. The van der Waals surface area contributed by atoms with Gasteiger partial charge in [-0.1, -0.05) is 13.8 Å². The molecule has 0 radical (unpaired) electrons. The number of hydrogen-bond acceptors (Lipinski definition) is 4. The zero-order valence-electron chi connectivity index (χ0n) is 9.37. The highest BCUT2D eigenvalue weighted by molar-refractivity contribution is 5.93. The largest absolute Gasteiger partial charge is 0.467 e. The van der Waals surface area contributed by atoms with Crippen LogP contribution in [0.5, 0.6) is 0 Å². The Balaban J connectivity index is 2.63. The molecule has 0 aliphatic heterocycles. The molecule has 1 aliphatic carbocycles. The van der Waals surface area contributed by atoms with E-state index in [1.54, 1.807) is 6.08 Å². The van der Waals surface area contributed by atoms with Gasteiger partial charge in [0.2, 0.25) is 0 Å². The maximum atomic E-state index is 11.4. The highest BCUT2D eigenvalue weighted by Gasteiger charge is 2.25. The summed E-state index contributed by atoms with van der Waals surface area (Å²) < 4.78 is 4.70. The topological polar surface area (TPSA) is 55.4 Å². The zero-order valence-corrected chi connectivity index (χ0v) is 9.37. The second-order valence-corrected chi connectivity index (χ2v) is 4.03. The molecule has 0 aromatic rings. The second-order valence-electron chi connectivity index (χ2n) is 4.03. The summed E-state index contributed by atoms with van der Waals surface area (Å²) in [5, 5.41) is 3.06. The third-order valence-corrected chi connectivity index (χ3v) is 2.44. The lowest BCUT2D eigenvalue weighted by molar-refractivity contribution is -0.144. The minimum absolute atomic E-state index is 0.116. The highest BCUT2D eigenvalue weighted by Crippen LogP contribution is 2.15. The Bertz CT molecular complexity index is 294. The molecule has 0 spiro atoms. The van der Waals surface area contributed by atoms with Gasteiger partial charge >= 0.3 is 5.97 Å². The lowest BCUT2D eigenvalue weighted by Crippen LogP contribution is -2.40. The number of carbonyl (C=O) groups is 2. The third-order valence-electron chi connectivity index (χ3n) is 2.44. The van der Waals surface area contributed by atoms with Crippen molar-refractivity contribution in [2.45, 2.75) is 32.7 Å². The normalized spacial score (nSPS) is 17.6. The Kier molecular flexibility index (Phi) is 3.88. The van der Waals surface area contributed by atoms with Crippen molar-refractivity contribution in [3.05, 3.63) is 11.8 Å². The van der Waals surface area contributed by atoms with E-state index in [-0.39, 0.29) is 23.7 Å². The quantitative estimate of drug-likeness (QED) is 0.705. The molecular weight excluding hydrogens is 194 g/mol. The average Bonchev–Trinajstić information content (AvgIpc) is 2.59. The number of rotatable bonds is 4. The van der Waals surface area contributed by atoms with Crippen LogP contribution in [0, 0.1) is 5.92 Å². The van der Waals surface area contributed by atoms with Crippen LogP contribution in [-0.2, 0) is 14.3 Å². The number of carbonyl (C=O) groups excluding carboxylic acids is 2. The molecule has 1 atom stereocenters. The third kappa shape index (κ3) is 3.08. The minimum atomic E-state index is -0.368. The van der Waals surface area contributed by atoms with Crippen molar-refractivity contribution < 1.29 is 14.3 Å². The Hall–Kier alpha value is -1.32. The summed E-state index contributed by atoms with van der Waals surface area (Å²) >= 11 is 0. The van der Waals surface area contributed by atoms with E-state index in [0.717, 1.165) is 5.70 Å². The molecule has 0 heterocycles. The first-order valence-electron chi connectivity index (χ1n) is 5.12. The van der Waals surface area contributed by atoms with Crippen molar-refractivity contribution in [1.82, 2.24) is 5.32 Å². The molecule has 84 valence electrons. The van der Waals surface area contributed by atoms with Gasteiger partial charge in [0.25, 0.3) is 0 Å². The lowest BCUT2D eigenvalue weighted by Gasteiger charge is -2.21. The number of hydrogen-bond donors (Lipinski definition) is 1. The van der Waals surface area contributed by atoms with Gasteiger partial charge in [-0.05, 0) is 12.3 Å². The summed E-state index contributed by atoms with van der Waals surface area (Å²) in [6.45, 7) is 3.87. The van der Waals surface area contributed by atoms with Gasteiger partial charge in [-0.15, -0.1) is 0 Å². The lowest BCUT2D eigenvalue weighted by atomic mass is 10.0. The van der Waals surface area contributed by atoms with Crippen molar-refractivity contribution in [2.75, 3.05) is 7.11 Å². The molecule has 0 amide bonds. The standard InChI is InChI=1S/C11H17NO3/c1-7(2)10(11(14)15-3)12-8-4-5-9(13)6-8/h6-7,10,12H,4-5H2,1-3H3. The molecule has 0 fully saturated rings. The maximum absolute atomic E-state index is 11.4. The van der Waals surface area contributed by atoms with E-state index in [1.165, 1.54) is 7.11 Å². The smallest absolute Gasteiger partial charge is 0.328 e. The fraction of sp³-hybridized carbons (Fsp3) is 0.636. The van der Waals surface area contributed by atoms with Gasteiger partial charge in [-0.3, -0.25) is 4.79 Å². The predicted octanol–water partition coefficient (Wildman–Crippen LogP) is 1.02. The first-order chi connectivity index (χ1) is 7.04. The van der Waals surface area contributed by atoms with E-state index >= 15 is 0 Å². The summed E-state index contributed by atoms with van der Waals surface area (Å²) in [5.74, 6) is -0.0378. The SMILES string of the molecule is COC(=O)C(NC1=CC(=O)CC1)C(C)C. The van der Waals surface area contributed by atoms with Gasteiger partial charge < -0.3 is 10.1 Å². The van der Waals surface area contributed by atoms with Crippen LogP contribution >= 0.6 is 0 Å². The van der Waals surface area contributed by atoms with Crippen molar-refractivity contribution in [1.29, 1.82) is 0 Å². The fourth-order valence-corrected chi connectivity index (χ4v) is 1.53. The molecule has 0 aromatic carbocycles. The van der Waals surface area contributed by atoms with Crippen LogP contribution in [0.3, 0.4) is 0 Å². The molecule has 0 aromatic heterocycles. The summed E-state index contributed by atoms with van der Waals surface area (Å²) in [6.07, 6.45) is 2.80. The number of allylic oxidation sites excluding steroid dienone is 2. The number of esters is 1. The van der Waals surface area contributed by atoms with E-state index < -0.39 is 0 Å². The van der Waals surface area contributed by atoms with Crippen LogP contribution in [0.25, 0.3) is 0 Å². The predicted molar refractivity (Wildman–Crippen MR) is 56.1 cm³/mol. The van der Waals surface area contributed by atoms with E-state index in [1.807, 2.05) is 13.8 Å². The van der Waals surface area contributed by atoms with E-state index in [4.69, 9.17) is 4.74 Å². The minimum Gasteiger partial charge on any atom is -0.467 e. The number of nitrogens with one attached hydrogen (secondary N) is 1. The number of ketones is 1. The van der Waals surface area contributed by atoms with Gasteiger partial charge in [-0.25, -0.2) is 4.79 Å². The molecular formula is C11H17NO3. The Morgan fingerprint density at radius 3 is 2.53 bits per heavy atom. The monoisotopic (exact) mass is 211 g/mol. The number of methoxy groups -OCH3 is 1. The van der Waals surface area contributed by atoms with Gasteiger partial charge in [0.05, 0.1) is 7.11 Å². The summed E-state index contributed by atoms with van der Waals surface area (Å²) in [6, 6.07) is -0.368. The summed E-state index contributed by atoms with van der Waals surface area (Å²) in [7, 11) is 1.37. The van der Waals surface area contributed by atoms with Crippen LogP contribution < -0.4 is 5.32 Å². The van der Waals surface area contributed by atoms with Crippen LogP contribution in [-0.4, -0.2) is 24.9 Å². The van der Waals surface area contributed by atoms with Gasteiger partial charge in [0.15, 0.2) is 5.78 Å². The van der Waals surface area contributed by atoms with Gasteiger partial charge in [0, 0.05) is 18.2 Å². The second kappa shape index (κ2) is 4.96. The molecule has 4 nitrogen and oxygen atoms in total. The summed E-state index contributed by atoms with van der Waals surface area (Å²) in [5.41, 5.74) is 0.837. The highest BCUT2D eigenvalue weighted by atomic mass is 16.5. The number of ether oxygens (including phenoxy) is 1. The Morgan fingerprint density at radius 1 is 1.47 bits per heavy atom. The molecule has 0 saturated heterocycles. The van der Waals surface area contributed by atoms with Crippen molar-refractivity contribution in [2.24, 2.45) is 5.92 Å². The van der Waals surface area contributed by atoms with Crippen molar-refractivity contribution >= 4 is 11.8 Å².